The minimum absolute atomic E-state index is 0. The standard InChI is InChI=1S/C17H29.C16H13.C2H6Si.2ClH.Zr/c1-5-9-14-13-15(10-6-2)17(12-8-4)16(14)11-7-3;1-12-10-14-8-5-9-15(16(14)11-12)13-6-3-2-4-7-13;1-3-2;;;/h14H,5-12H2,1-4H3;2-11H,1H3;1-2H3;2*1H;/q2*-1;;;;+2. The predicted molar refractivity (Wildman–Crippen MR) is 179 cm³/mol. The molecule has 0 saturated heterocycles. The van der Waals surface area contributed by atoms with Gasteiger partial charge in [-0.3, -0.25) is 6.08 Å². The van der Waals surface area contributed by atoms with Crippen molar-refractivity contribution in [2.45, 2.75) is 99.1 Å². The molecule has 0 saturated carbocycles. The van der Waals surface area contributed by atoms with Crippen LogP contribution in [0.1, 0.15) is 84.6 Å². The van der Waals surface area contributed by atoms with Crippen LogP contribution in [0.5, 0.6) is 0 Å². The second-order valence-corrected chi connectivity index (χ2v) is 19.8. The van der Waals surface area contributed by atoms with Crippen LogP contribution in [-0.2, 0) is 23.3 Å². The SMILES string of the molecule is CCCC1=[C-]C(CCC)C(CCC)=C1CCC.C[Si](C)=[Zr+2].Cc1cc2c(-c3ccccc3)cccc2[cH-]1.Cl.Cl. The Morgan fingerprint density at radius 1 is 0.821 bits per heavy atom. The zero-order valence-corrected chi connectivity index (χ0v) is 30.4. The first kappa shape index (κ1) is 38.2. The summed E-state index contributed by atoms with van der Waals surface area (Å²) in [5, 5.41) is 2.69. The molecule has 0 fully saturated rings. The van der Waals surface area contributed by atoms with Crippen LogP contribution in [-0.4, -0.2) is 5.43 Å². The van der Waals surface area contributed by atoms with Crippen LogP contribution in [0.4, 0.5) is 0 Å². The van der Waals surface area contributed by atoms with E-state index in [0.29, 0.717) is 5.92 Å². The topological polar surface area (TPSA) is 0 Å². The Hall–Kier alpha value is -0.790. The van der Waals surface area contributed by atoms with Gasteiger partial charge < -0.3 is 0 Å². The van der Waals surface area contributed by atoms with Gasteiger partial charge in [-0.1, -0.05) is 127 Å². The third-order valence-electron chi connectivity index (χ3n) is 6.60. The van der Waals surface area contributed by atoms with E-state index >= 15 is 0 Å². The molecular formula is C35H50Cl2SiZr. The van der Waals surface area contributed by atoms with E-state index in [4.69, 9.17) is 0 Å². The molecule has 0 nitrogen and oxygen atoms in total. The number of hydrogen-bond donors (Lipinski definition) is 0. The second-order valence-electron chi connectivity index (χ2n) is 10.4. The summed E-state index contributed by atoms with van der Waals surface area (Å²) in [5.41, 5.74) is 9.15. The van der Waals surface area contributed by atoms with Crippen molar-refractivity contribution in [3.8, 4) is 11.1 Å². The van der Waals surface area contributed by atoms with Crippen molar-refractivity contribution in [3.63, 3.8) is 0 Å². The van der Waals surface area contributed by atoms with E-state index in [-0.39, 0.29) is 30.2 Å². The van der Waals surface area contributed by atoms with Gasteiger partial charge in [0.25, 0.3) is 0 Å². The van der Waals surface area contributed by atoms with Crippen LogP contribution in [0.25, 0.3) is 21.9 Å². The molecule has 1 unspecified atom stereocenters. The van der Waals surface area contributed by atoms with E-state index in [1.165, 1.54) is 78.8 Å². The number of aryl methyl sites for hydroxylation is 1. The van der Waals surface area contributed by atoms with Gasteiger partial charge in [-0.15, -0.1) is 59.3 Å². The van der Waals surface area contributed by atoms with Crippen molar-refractivity contribution in [2.75, 3.05) is 0 Å². The van der Waals surface area contributed by atoms with E-state index < -0.39 is 0 Å². The predicted octanol–water partition coefficient (Wildman–Crippen LogP) is 12.0. The third-order valence-corrected chi connectivity index (χ3v) is 6.60. The summed E-state index contributed by atoms with van der Waals surface area (Å²) in [6.07, 6.45) is 14.0. The number of rotatable bonds is 9. The Balaban J connectivity index is 0.000000624. The summed E-state index contributed by atoms with van der Waals surface area (Å²) in [4.78, 5) is 0. The molecule has 4 heteroatoms. The van der Waals surface area contributed by atoms with Crippen molar-refractivity contribution in [2.24, 2.45) is 5.92 Å². The maximum atomic E-state index is 3.81. The van der Waals surface area contributed by atoms with Crippen molar-refractivity contribution in [1.82, 2.24) is 0 Å². The fraction of sp³-hybridized carbons (Fsp3) is 0.457. The van der Waals surface area contributed by atoms with Crippen molar-refractivity contribution >= 4 is 41.0 Å². The third kappa shape index (κ3) is 12.3. The van der Waals surface area contributed by atoms with Crippen molar-refractivity contribution in [1.29, 1.82) is 0 Å². The van der Waals surface area contributed by atoms with Gasteiger partial charge in [0.15, 0.2) is 0 Å². The van der Waals surface area contributed by atoms with Crippen LogP contribution in [0.15, 0.2) is 77.4 Å². The number of benzene rings is 2. The summed E-state index contributed by atoms with van der Waals surface area (Å²) in [5.74, 6) is 0.656. The summed E-state index contributed by atoms with van der Waals surface area (Å²) in [7, 11) is 0. The molecule has 1 aliphatic rings. The molecule has 39 heavy (non-hydrogen) atoms. The molecule has 0 amide bonds. The van der Waals surface area contributed by atoms with E-state index in [1.54, 1.807) is 40.1 Å². The molecule has 0 aliphatic heterocycles. The molecule has 0 bridgehead atoms. The number of allylic oxidation sites excluding steroid dienone is 4. The summed E-state index contributed by atoms with van der Waals surface area (Å²) < 4.78 is 0. The Morgan fingerprint density at radius 3 is 2.00 bits per heavy atom. The molecule has 0 N–H and O–H groups in total. The van der Waals surface area contributed by atoms with E-state index in [1.807, 2.05) is 0 Å². The van der Waals surface area contributed by atoms with E-state index in [0.717, 1.165) is 0 Å². The molecule has 0 spiro atoms. The summed E-state index contributed by atoms with van der Waals surface area (Å²) >= 11 is 1.74. The molecule has 1 aliphatic carbocycles. The average molecular weight is 661 g/mol. The van der Waals surface area contributed by atoms with Crippen LogP contribution >= 0.6 is 24.8 Å². The smallest absolute Gasteiger partial charge is 0.0279 e. The van der Waals surface area contributed by atoms with Gasteiger partial charge in [-0.05, 0) is 12.0 Å². The summed E-state index contributed by atoms with van der Waals surface area (Å²) in [6, 6.07) is 21.6. The molecule has 0 aromatic heterocycles. The molecule has 4 rings (SSSR count). The minimum Gasteiger partial charge on any atom is -0.165 e. The maximum absolute atomic E-state index is 3.81. The average Bonchev–Trinajstić information content (AvgIpc) is 3.40. The quantitative estimate of drug-likeness (QED) is 0.158. The number of hydrogen-bond acceptors (Lipinski definition) is 0. The van der Waals surface area contributed by atoms with Crippen LogP contribution in [0.2, 0.25) is 13.1 Å². The van der Waals surface area contributed by atoms with Crippen LogP contribution in [0.3, 0.4) is 0 Å². The van der Waals surface area contributed by atoms with Gasteiger partial charge in [-0.25, -0.2) is 5.57 Å². The van der Waals surface area contributed by atoms with Crippen molar-refractivity contribution in [3.05, 3.63) is 89.0 Å². The Morgan fingerprint density at radius 2 is 1.44 bits per heavy atom. The molecule has 3 aromatic rings. The second kappa shape index (κ2) is 21.0. The Bertz CT molecular complexity index is 1170. The largest absolute Gasteiger partial charge is 0.165 e. The Labute approximate surface area is 267 Å². The molecule has 0 heterocycles. The fourth-order valence-electron chi connectivity index (χ4n) is 5.21. The van der Waals surface area contributed by atoms with Gasteiger partial charge in [0, 0.05) is 0 Å². The zero-order valence-electron chi connectivity index (χ0n) is 25.3. The Kier molecular flexibility index (Phi) is 20.6. The maximum Gasteiger partial charge on any atom is -0.0279 e. The summed E-state index contributed by atoms with van der Waals surface area (Å²) in [6.45, 7) is 15.9. The molecule has 3 aromatic carbocycles. The monoisotopic (exact) mass is 658 g/mol. The number of halogens is 2. The first-order chi connectivity index (χ1) is 17.9. The van der Waals surface area contributed by atoms with Crippen LogP contribution in [0, 0.1) is 18.9 Å². The molecule has 212 valence electrons. The van der Waals surface area contributed by atoms with Gasteiger partial charge in [0.2, 0.25) is 0 Å². The minimum atomic E-state index is 0. The van der Waals surface area contributed by atoms with Crippen LogP contribution < -0.4 is 0 Å². The van der Waals surface area contributed by atoms with Gasteiger partial charge in [-0.2, -0.15) is 17.2 Å². The first-order valence-corrected chi connectivity index (χ1v) is 20.6. The van der Waals surface area contributed by atoms with Gasteiger partial charge in [0.05, 0.1) is 0 Å². The van der Waals surface area contributed by atoms with Gasteiger partial charge >= 0.3 is 41.9 Å². The molecule has 0 radical (unpaired) electrons. The fourth-order valence-corrected chi connectivity index (χ4v) is 5.21. The first-order valence-electron chi connectivity index (χ1n) is 14.4. The molecule has 1 atom stereocenters. The van der Waals surface area contributed by atoms with E-state index in [9.17, 15) is 0 Å². The zero-order chi connectivity index (χ0) is 27.2. The van der Waals surface area contributed by atoms with Gasteiger partial charge in [0.1, 0.15) is 0 Å². The van der Waals surface area contributed by atoms with E-state index in [2.05, 4.69) is 114 Å². The number of fused-ring (bicyclic) bond motifs is 1. The van der Waals surface area contributed by atoms with Crippen molar-refractivity contribution < 1.29 is 23.3 Å². The normalized spacial score (nSPS) is 13.9. The molecular weight excluding hydrogens is 611 g/mol.